The minimum atomic E-state index is -1.04. The second-order valence-electron chi connectivity index (χ2n) is 5.71. The van der Waals surface area contributed by atoms with Crippen molar-refractivity contribution in [2.24, 2.45) is 5.92 Å². The Bertz CT molecular complexity index is 834. The van der Waals surface area contributed by atoms with E-state index in [-0.39, 0.29) is 17.5 Å². The summed E-state index contributed by atoms with van der Waals surface area (Å²) in [5.74, 6) is 0.0974. The molecule has 2 aromatic heterocycles. The Hall–Kier alpha value is -1.45. The number of hydrogen-bond acceptors (Lipinski definition) is 5. The number of rotatable bonds is 1. The van der Waals surface area contributed by atoms with Gasteiger partial charge in [-0.1, -0.05) is 0 Å². The number of H-pyrrole nitrogens is 1. The van der Waals surface area contributed by atoms with Crippen molar-refractivity contribution in [3.63, 3.8) is 0 Å². The molecule has 1 aliphatic carbocycles. The highest BCUT2D eigenvalue weighted by molar-refractivity contribution is 9.11. The van der Waals surface area contributed by atoms with E-state index >= 15 is 0 Å². The third-order valence-electron chi connectivity index (χ3n) is 4.52. The van der Waals surface area contributed by atoms with E-state index in [2.05, 4.69) is 25.9 Å². The van der Waals surface area contributed by atoms with Crippen LogP contribution in [0.3, 0.4) is 0 Å². The maximum atomic E-state index is 12.2. The highest BCUT2D eigenvalue weighted by Gasteiger charge is 2.54. The number of halogens is 1. The molecule has 4 rings (SSSR count). The van der Waals surface area contributed by atoms with E-state index in [0.29, 0.717) is 28.9 Å². The lowest BCUT2D eigenvalue weighted by atomic mass is 9.95. The van der Waals surface area contributed by atoms with Gasteiger partial charge in [-0.2, -0.15) is 0 Å². The molecule has 116 valence electrons. The lowest BCUT2D eigenvalue weighted by molar-refractivity contribution is 0.0317. The summed E-state index contributed by atoms with van der Waals surface area (Å²) in [5, 5.41) is 19.6. The Kier molecular flexibility index (Phi) is 3.07. The van der Waals surface area contributed by atoms with Crippen molar-refractivity contribution in [1.29, 1.82) is 0 Å². The molecule has 4 atom stereocenters. The first-order chi connectivity index (χ1) is 10.5. The van der Waals surface area contributed by atoms with E-state index in [4.69, 9.17) is 0 Å². The first-order valence-electron chi connectivity index (χ1n) is 6.84. The van der Waals surface area contributed by atoms with Crippen molar-refractivity contribution in [2.45, 2.75) is 31.0 Å². The number of likely N-dealkylation sites (tertiary alicyclic amines) is 1. The number of carboxylic acid groups (broad SMARTS) is 1. The molecule has 3 heterocycles. The van der Waals surface area contributed by atoms with Crippen molar-refractivity contribution in [3.8, 4) is 0 Å². The van der Waals surface area contributed by atoms with Crippen molar-refractivity contribution in [1.82, 2.24) is 14.9 Å². The average Bonchev–Trinajstić information content (AvgIpc) is 3.08. The van der Waals surface area contributed by atoms with Crippen LogP contribution < -0.4 is 5.56 Å². The smallest absolute Gasteiger partial charge is 0.408 e. The van der Waals surface area contributed by atoms with Crippen LogP contribution >= 0.6 is 27.3 Å². The van der Waals surface area contributed by atoms with Crippen LogP contribution in [0.15, 0.2) is 14.6 Å². The number of aliphatic hydroxyl groups excluding tert-OH is 1. The van der Waals surface area contributed by atoms with E-state index in [1.54, 1.807) is 6.07 Å². The molecule has 2 fully saturated rings. The lowest BCUT2D eigenvalue weighted by Crippen LogP contribution is -2.44. The summed E-state index contributed by atoms with van der Waals surface area (Å²) >= 11 is 4.61. The number of nitrogens with zero attached hydrogens (tertiary/aromatic N) is 2. The molecular formula is C13H12BrN3O4S. The fourth-order valence-electron chi connectivity index (χ4n) is 3.70. The standard InChI is InChI=1S/C13H12BrN3O4S/c14-8-3-6-10(22-8)12(19)16-11(15-6)9-5-1-4(2-7(5)18)17(9)13(20)21/h3-5,7,9,18H,1-2H2,(H,20,21)(H,15,16,19)/t4-,5+,7+,9+/m1/s1. The molecule has 1 saturated carbocycles. The monoisotopic (exact) mass is 385 g/mol. The van der Waals surface area contributed by atoms with Gasteiger partial charge in [-0.25, -0.2) is 9.78 Å². The zero-order chi connectivity index (χ0) is 15.6. The summed E-state index contributed by atoms with van der Waals surface area (Å²) < 4.78 is 1.29. The minimum Gasteiger partial charge on any atom is -0.465 e. The van der Waals surface area contributed by atoms with Crippen LogP contribution in [0, 0.1) is 5.92 Å². The van der Waals surface area contributed by atoms with Crippen LogP contribution in [0.5, 0.6) is 0 Å². The Morgan fingerprint density at radius 2 is 2.27 bits per heavy atom. The molecule has 1 saturated heterocycles. The van der Waals surface area contributed by atoms with Gasteiger partial charge in [-0.05, 0) is 34.8 Å². The summed E-state index contributed by atoms with van der Waals surface area (Å²) in [6.45, 7) is 0. The number of nitrogens with one attached hydrogen (secondary N) is 1. The Labute approximate surface area is 136 Å². The molecular weight excluding hydrogens is 374 g/mol. The second kappa shape index (κ2) is 4.77. The number of fused-ring (bicyclic) bond motifs is 3. The minimum absolute atomic E-state index is 0.210. The first-order valence-corrected chi connectivity index (χ1v) is 8.45. The van der Waals surface area contributed by atoms with E-state index in [1.807, 2.05) is 0 Å². The Morgan fingerprint density at radius 1 is 1.50 bits per heavy atom. The number of carbonyl (C=O) groups is 1. The van der Waals surface area contributed by atoms with Gasteiger partial charge < -0.3 is 15.2 Å². The molecule has 3 N–H and O–H groups in total. The molecule has 1 aliphatic heterocycles. The molecule has 1 amide bonds. The zero-order valence-corrected chi connectivity index (χ0v) is 13.6. The maximum Gasteiger partial charge on any atom is 0.408 e. The third-order valence-corrected chi connectivity index (χ3v) is 6.15. The lowest BCUT2D eigenvalue weighted by Gasteiger charge is -2.34. The van der Waals surface area contributed by atoms with Crippen molar-refractivity contribution < 1.29 is 15.0 Å². The van der Waals surface area contributed by atoms with E-state index in [0.717, 1.165) is 3.79 Å². The van der Waals surface area contributed by atoms with Gasteiger partial charge >= 0.3 is 6.09 Å². The maximum absolute atomic E-state index is 12.2. The first kappa shape index (κ1) is 14.2. The number of aromatic amines is 1. The summed E-state index contributed by atoms with van der Waals surface area (Å²) in [5.41, 5.74) is 0.261. The summed E-state index contributed by atoms with van der Waals surface area (Å²) in [7, 11) is 0. The van der Waals surface area contributed by atoms with Gasteiger partial charge in [0.25, 0.3) is 5.56 Å². The molecule has 0 aromatic carbocycles. The molecule has 0 spiro atoms. The van der Waals surface area contributed by atoms with Gasteiger partial charge in [-0.3, -0.25) is 9.69 Å². The average molecular weight is 386 g/mol. The van der Waals surface area contributed by atoms with Gasteiger partial charge in [0.05, 0.1) is 21.4 Å². The highest BCUT2D eigenvalue weighted by Crippen LogP contribution is 2.49. The second-order valence-corrected chi connectivity index (χ2v) is 8.14. The SMILES string of the molecule is O=C(O)N1[C@@H]2C[C@H]([C@H]1c1nc3cc(Br)sc3c(=O)[nH]1)[C@@H](O)C2. The highest BCUT2D eigenvalue weighted by atomic mass is 79.9. The Morgan fingerprint density at radius 3 is 3.00 bits per heavy atom. The predicted molar refractivity (Wildman–Crippen MR) is 83.1 cm³/mol. The zero-order valence-electron chi connectivity index (χ0n) is 11.2. The number of amides is 1. The van der Waals surface area contributed by atoms with Crippen LogP contribution in [-0.4, -0.2) is 43.3 Å². The van der Waals surface area contributed by atoms with Crippen molar-refractivity contribution >= 4 is 43.6 Å². The fourth-order valence-corrected chi connectivity index (χ4v) is 5.12. The fraction of sp³-hybridized carbons (Fsp3) is 0.462. The molecule has 7 nitrogen and oxygen atoms in total. The summed E-state index contributed by atoms with van der Waals surface area (Å²) in [6, 6.07) is 0.938. The molecule has 9 heteroatoms. The quantitative estimate of drug-likeness (QED) is 0.694. The Balaban J connectivity index is 1.86. The van der Waals surface area contributed by atoms with Gasteiger partial charge in [0.15, 0.2) is 0 Å². The van der Waals surface area contributed by atoms with Gasteiger partial charge in [-0.15, -0.1) is 11.3 Å². The largest absolute Gasteiger partial charge is 0.465 e. The van der Waals surface area contributed by atoms with Crippen LogP contribution in [0.25, 0.3) is 10.2 Å². The number of hydrogen-bond donors (Lipinski definition) is 3. The van der Waals surface area contributed by atoms with Gasteiger partial charge in [0.2, 0.25) is 0 Å². The van der Waals surface area contributed by atoms with Crippen LogP contribution in [0.2, 0.25) is 0 Å². The number of thiophene rings is 1. The van der Waals surface area contributed by atoms with E-state index < -0.39 is 18.2 Å². The molecule has 0 unspecified atom stereocenters. The number of aliphatic hydroxyl groups is 1. The number of piperidine rings is 1. The molecule has 2 aliphatic rings. The van der Waals surface area contributed by atoms with E-state index in [1.165, 1.54) is 16.2 Å². The van der Waals surface area contributed by atoms with Crippen LogP contribution in [0.1, 0.15) is 24.7 Å². The van der Waals surface area contributed by atoms with Crippen LogP contribution in [0.4, 0.5) is 4.79 Å². The molecule has 0 radical (unpaired) electrons. The normalized spacial score (nSPS) is 30.4. The molecule has 2 aromatic rings. The topological polar surface area (TPSA) is 107 Å². The van der Waals surface area contributed by atoms with Gasteiger partial charge in [0, 0.05) is 12.0 Å². The number of aromatic nitrogens is 2. The van der Waals surface area contributed by atoms with E-state index in [9.17, 15) is 19.8 Å². The summed E-state index contributed by atoms with van der Waals surface area (Å²) in [6.07, 6.45) is -0.545. The predicted octanol–water partition coefficient (Wildman–Crippen LogP) is 1.92. The third kappa shape index (κ3) is 1.92. The van der Waals surface area contributed by atoms with Crippen LogP contribution in [-0.2, 0) is 0 Å². The van der Waals surface area contributed by atoms with Crippen molar-refractivity contribution in [2.75, 3.05) is 0 Å². The molecule has 22 heavy (non-hydrogen) atoms. The summed E-state index contributed by atoms with van der Waals surface area (Å²) in [4.78, 5) is 32.2. The molecule has 2 bridgehead atoms. The van der Waals surface area contributed by atoms with Gasteiger partial charge in [0.1, 0.15) is 10.5 Å². The van der Waals surface area contributed by atoms with Crippen molar-refractivity contribution in [3.05, 3.63) is 26.0 Å².